The second kappa shape index (κ2) is 9.24. The number of carbonyl (C=O) groups excluding carboxylic acids is 1. The van der Waals surface area contributed by atoms with Crippen molar-refractivity contribution in [2.24, 2.45) is 0 Å². The Bertz CT molecular complexity index is 899. The van der Waals surface area contributed by atoms with E-state index in [1.54, 1.807) is 18.3 Å². The molecule has 138 valence electrons. The monoisotopic (exact) mass is 380 g/mol. The maximum Gasteiger partial charge on any atom is 0.292 e. The number of Topliss-reactive ketones (excluding diaryl/α,β-unsaturated/α-hetero) is 1. The minimum Gasteiger partial charge on any atom is -0.494 e. The first-order valence-electron chi connectivity index (χ1n) is 8.84. The number of para-hydroxylation sites is 1. The summed E-state index contributed by atoms with van der Waals surface area (Å²) in [5.74, 6) is 0.796. The van der Waals surface area contributed by atoms with Gasteiger partial charge in [0.15, 0.2) is 5.78 Å². The SMILES string of the molecule is CCOc1ccccc1CC(=O)C(Sc1cccc[n+]1O)c1ccccc1. The van der Waals surface area contributed by atoms with Gasteiger partial charge >= 0.3 is 0 Å². The first-order valence-corrected chi connectivity index (χ1v) is 9.72. The van der Waals surface area contributed by atoms with Crippen LogP contribution in [0.5, 0.6) is 5.75 Å². The van der Waals surface area contributed by atoms with Crippen molar-refractivity contribution in [2.75, 3.05) is 6.61 Å². The number of ether oxygens (including phenoxy) is 1. The smallest absolute Gasteiger partial charge is 0.292 e. The lowest BCUT2D eigenvalue weighted by molar-refractivity contribution is -0.932. The third-order valence-electron chi connectivity index (χ3n) is 4.07. The highest BCUT2D eigenvalue weighted by molar-refractivity contribution is 8.00. The van der Waals surface area contributed by atoms with Crippen LogP contribution in [0.15, 0.2) is 84.0 Å². The van der Waals surface area contributed by atoms with Crippen molar-refractivity contribution in [1.29, 1.82) is 0 Å². The van der Waals surface area contributed by atoms with Crippen LogP contribution in [0.25, 0.3) is 0 Å². The molecular weight excluding hydrogens is 358 g/mol. The summed E-state index contributed by atoms with van der Waals surface area (Å²) < 4.78 is 6.70. The Morgan fingerprint density at radius 1 is 1.04 bits per heavy atom. The summed E-state index contributed by atoms with van der Waals surface area (Å²) in [5, 5.41) is 10.2. The molecule has 0 aliphatic heterocycles. The molecule has 0 bridgehead atoms. The van der Waals surface area contributed by atoms with E-state index >= 15 is 0 Å². The molecule has 0 amide bonds. The van der Waals surface area contributed by atoms with Gasteiger partial charge in [-0.1, -0.05) is 48.5 Å². The average molecular weight is 380 g/mol. The van der Waals surface area contributed by atoms with Crippen molar-refractivity contribution in [3.8, 4) is 5.75 Å². The quantitative estimate of drug-likeness (QED) is 0.360. The van der Waals surface area contributed by atoms with Crippen molar-refractivity contribution < 1.29 is 19.5 Å². The highest BCUT2D eigenvalue weighted by Crippen LogP contribution is 2.35. The van der Waals surface area contributed by atoms with Gasteiger partial charge in [0.05, 0.1) is 11.9 Å². The molecule has 0 spiro atoms. The van der Waals surface area contributed by atoms with Gasteiger partial charge in [-0.05, 0) is 36.4 Å². The zero-order valence-corrected chi connectivity index (χ0v) is 15.9. The molecule has 0 saturated carbocycles. The molecule has 1 aromatic heterocycles. The van der Waals surface area contributed by atoms with E-state index in [9.17, 15) is 10.0 Å². The Labute approximate surface area is 163 Å². The molecule has 5 heteroatoms. The Balaban J connectivity index is 1.89. The zero-order valence-electron chi connectivity index (χ0n) is 15.1. The van der Waals surface area contributed by atoms with Crippen LogP contribution in [0.1, 0.15) is 23.3 Å². The number of rotatable bonds is 8. The summed E-state index contributed by atoms with van der Waals surface area (Å²) in [5.41, 5.74) is 1.78. The first-order chi connectivity index (χ1) is 13.2. The van der Waals surface area contributed by atoms with Gasteiger partial charge in [0.2, 0.25) is 6.20 Å². The average Bonchev–Trinajstić information content (AvgIpc) is 2.69. The molecular formula is C22H22NO3S+. The van der Waals surface area contributed by atoms with Crippen LogP contribution in [0.2, 0.25) is 0 Å². The molecule has 3 rings (SSSR count). The van der Waals surface area contributed by atoms with Crippen LogP contribution < -0.4 is 9.47 Å². The Morgan fingerprint density at radius 3 is 2.48 bits per heavy atom. The van der Waals surface area contributed by atoms with Crippen LogP contribution in [0.4, 0.5) is 0 Å². The summed E-state index contributed by atoms with van der Waals surface area (Å²) in [6, 6.07) is 22.6. The van der Waals surface area contributed by atoms with Crippen molar-refractivity contribution in [1.82, 2.24) is 0 Å². The molecule has 3 aromatic rings. The van der Waals surface area contributed by atoms with Crippen LogP contribution in [-0.2, 0) is 11.2 Å². The van der Waals surface area contributed by atoms with E-state index in [-0.39, 0.29) is 12.2 Å². The van der Waals surface area contributed by atoms with Crippen LogP contribution >= 0.6 is 11.8 Å². The molecule has 0 fully saturated rings. The Hall–Kier alpha value is -2.79. The number of thioether (sulfide) groups is 1. The number of hydrogen-bond acceptors (Lipinski definition) is 4. The second-order valence-corrected chi connectivity index (χ2v) is 7.10. The lowest BCUT2D eigenvalue weighted by Crippen LogP contribution is -2.32. The molecule has 1 unspecified atom stereocenters. The van der Waals surface area contributed by atoms with Gasteiger partial charge in [-0.3, -0.25) is 10.0 Å². The lowest BCUT2D eigenvalue weighted by Gasteiger charge is -2.15. The summed E-state index contributed by atoms with van der Waals surface area (Å²) >= 11 is 1.34. The number of hydrogen-bond donors (Lipinski definition) is 1. The number of benzene rings is 2. The maximum atomic E-state index is 13.2. The second-order valence-electron chi connectivity index (χ2n) is 5.98. The number of pyridine rings is 1. The number of carbonyl (C=O) groups is 1. The predicted octanol–water partition coefficient (Wildman–Crippen LogP) is 4.26. The predicted molar refractivity (Wildman–Crippen MR) is 105 cm³/mol. The van der Waals surface area contributed by atoms with E-state index in [1.807, 2.05) is 67.6 Å². The summed E-state index contributed by atoms with van der Waals surface area (Å²) in [4.78, 5) is 13.2. The minimum atomic E-state index is -0.429. The highest BCUT2D eigenvalue weighted by Gasteiger charge is 2.27. The van der Waals surface area contributed by atoms with Crippen molar-refractivity contribution in [2.45, 2.75) is 23.6 Å². The maximum absolute atomic E-state index is 13.2. The topological polar surface area (TPSA) is 50.4 Å². The Kier molecular flexibility index (Phi) is 6.49. The van der Waals surface area contributed by atoms with E-state index < -0.39 is 5.25 Å². The normalized spacial score (nSPS) is 11.7. The van der Waals surface area contributed by atoms with E-state index in [2.05, 4.69) is 0 Å². The number of nitrogens with zero attached hydrogens (tertiary/aromatic N) is 1. The van der Waals surface area contributed by atoms with Crippen LogP contribution in [0, 0.1) is 0 Å². The van der Waals surface area contributed by atoms with Gasteiger partial charge in [-0.25, -0.2) is 0 Å². The van der Waals surface area contributed by atoms with Crippen molar-refractivity contribution >= 4 is 17.5 Å². The molecule has 1 N–H and O–H groups in total. The fourth-order valence-electron chi connectivity index (χ4n) is 2.81. The summed E-state index contributed by atoms with van der Waals surface area (Å²) in [6.45, 7) is 2.48. The Morgan fingerprint density at radius 2 is 1.74 bits per heavy atom. The van der Waals surface area contributed by atoms with Crippen molar-refractivity contribution in [3.05, 3.63) is 90.1 Å². The first kappa shape index (κ1) is 19.0. The van der Waals surface area contributed by atoms with E-state index in [0.717, 1.165) is 21.6 Å². The standard InChI is InChI=1S/C22H22NO3S/c1-2-26-20-13-7-6-12-18(20)16-19(24)22(17-10-4-3-5-11-17)27-21-14-8-9-15-23(21)25/h3-15,22,25H,2,16H2,1H3/q+1. The lowest BCUT2D eigenvalue weighted by atomic mass is 10.0. The largest absolute Gasteiger partial charge is 0.494 e. The minimum absolute atomic E-state index is 0.0576. The zero-order chi connectivity index (χ0) is 19.1. The molecule has 1 atom stereocenters. The molecule has 0 saturated heterocycles. The van der Waals surface area contributed by atoms with Gasteiger partial charge in [0.1, 0.15) is 5.75 Å². The molecule has 27 heavy (non-hydrogen) atoms. The molecule has 0 aliphatic rings. The third-order valence-corrected chi connectivity index (χ3v) is 5.41. The van der Waals surface area contributed by atoms with Gasteiger partial charge in [-0.15, -0.1) is 0 Å². The molecule has 0 radical (unpaired) electrons. The van der Waals surface area contributed by atoms with Crippen LogP contribution in [-0.4, -0.2) is 17.6 Å². The molecule has 2 aromatic carbocycles. The number of aromatic nitrogens is 1. The fourth-order valence-corrected chi connectivity index (χ4v) is 3.88. The summed E-state index contributed by atoms with van der Waals surface area (Å²) in [6.07, 6.45) is 1.82. The van der Waals surface area contributed by atoms with E-state index in [1.165, 1.54) is 11.8 Å². The third kappa shape index (κ3) is 4.89. The van der Waals surface area contributed by atoms with Crippen molar-refractivity contribution in [3.63, 3.8) is 0 Å². The van der Waals surface area contributed by atoms with Gasteiger partial charge in [-0.2, -0.15) is 0 Å². The van der Waals surface area contributed by atoms with E-state index in [4.69, 9.17) is 4.74 Å². The molecule has 1 heterocycles. The molecule has 0 aliphatic carbocycles. The summed E-state index contributed by atoms with van der Waals surface area (Å²) in [7, 11) is 0. The van der Waals surface area contributed by atoms with E-state index in [0.29, 0.717) is 11.6 Å². The van der Waals surface area contributed by atoms with Gasteiger partial charge < -0.3 is 4.74 Å². The highest BCUT2D eigenvalue weighted by atomic mass is 32.2. The van der Waals surface area contributed by atoms with Crippen LogP contribution in [0.3, 0.4) is 0 Å². The van der Waals surface area contributed by atoms with Gasteiger partial charge in [0.25, 0.3) is 5.03 Å². The van der Waals surface area contributed by atoms with Gasteiger partial charge in [0, 0.05) is 28.8 Å². The fraction of sp³-hybridized carbons (Fsp3) is 0.182. The number of ketones is 1. The molecule has 4 nitrogen and oxygen atoms in total.